The molecule has 200 valence electrons. The number of nitrogens with zero attached hydrogens (tertiary/aromatic N) is 1. The monoisotopic (exact) mass is 547 g/mol. The third-order valence-corrected chi connectivity index (χ3v) is 7.96. The van der Waals surface area contributed by atoms with Gasteiger partial charge in [-0.15, -0.1) is 0 Å². The van der Waals surface area contributed by atoms with Gasteiger partial charge < -0.3 is 15.1 Å². The number of aliphatic hydroxyl groups is 1. The molecule has 3 unspecified atom stereocenters. The third kappa shape index (κ3) is 5.29. The Labute approximate surface area is 225 Å². The highest BCUT2D eigenvalue weighted by atomic mass is 32.2. The van der Waals surface area contributed by atoms with Crippen molar-refractivity contribution in [1.82, 2.24) is 0 Å². The highest BCUT2D eigenvalue weighted by Gasteiger charge is 2.49. The first-order valence-corrected chi connectivity index (χ1v) is 13.8. The van der Waals surface area contributed by atoms with Crippen LogP contribution in [0.25, 0.3) is 11.1 Å². The van der Waals surface area contributed by atoms with Crippen molar-refractivity contribution in [3.8, 4) is 16.9 Å². The minimum atomic E-state index is -4.35. The fourth-order valence-corrected chi connectivity index (χ4v) is 5.57. The number of benzene rings is 4. The van der Waals surface area contributed by atoms with Crippen LogP contribution >= 0.6 is 0 Å². The molecule has 4 aromatic rings. The fourth-order valence-electron chi connectivity index (χ4n) is 5.09. The Kier molecular flexibility index (Phi) is 7.22. The Bertz CT molecular complexity index is 1610. The summed E-state index contributed by atoms with van der Waals surface area (Å²) in [5, 5.41) is 21.5. The van der Waals surface area contributed by atoms with Crippen LogP contribution in [0.2, 0.25) is 0 Å². The summed E-state index contributed by atoms with van der Waals surface area (Å²) in [6.45, 7) is 0. The van der Waals surface area contributed by atoms with Gasteiger partial charge in [0, 0.05) is 5.56 Å². The van der Waals surface area contributed by atoms with E-state index in [0.717, 1.165) is 5.56 Å². The number of phenols is 1. The van der Waals surface area contributed by atoms with Gasteiger partial charge in [-0.25, -0.2) is 4.39 Å². The molecule has 3 N–H and O–H groups in total. The molecule has 1 aliphatic heterocycles. The van der Waals surface area contributed by atoms with Crippen molar-refractivity contribution >= 4 is 21.7 Å². The van der Waals surface area contributed by atoms with Crippen LogP contribution in [0.4, 0.5) is 10.1 Å². The van der Waals surface area contributed by atoms with Crippen molar-refractivity contribution in [2.75, 3.05) is 4.90 Å². The lowest BCUT2D eigenvalue weighted by Crippen LogP contribution is -2.55. The predicted molar refractivity (Wildman–Crippen MR) is 144 cm³/mol. The van der Waals surface area contributed by atoms with Gasteiger partial charge in [0.25, 0.3) is 10.1 Å². The second-order valence-corrected chi connectivity index (χ2v) is 10.9. The fraction of sp³-hybridized carbons (Fsp3) is 0.167. The zero-order valence-electron chi connectivity index (χ0n) is 20.7. The largest absolute Gasteiger partial charge is 0.507 e. The number of β-lactam (4-membered cyclic amide) rings is 1. The molecule has 0 radical (unpaired) electrons. The number of aliphatic hydroxyl groups excluding tert-OH is 1. The number of amides is 1. The van der Waals surface area contributed by atoms with Gasteiger partial charge in [-0.2, -0.15) is 8.42 Å². The first kappa shape index (κ1) is 26.6. The van der Waals surface area contributed by atoms with Crippen LogP contribution in [0, 0.1) is 11.7 Å². The van der Waals surface area contributed by atoms with Gasteiger partial charge in [0.1, 0.15) is 11.6 Å². The Hall–Kier alpha value is -4.05. The van der Waals surface area contributed by atoms with E-state index in [4.69, 9.17) is 0 Å². The first-order valence-electron chi connectivity index (χ1n) is 12.4. The molecule has 9 heteroatoms. The number of hydrogen-bond donors (Lipinski definition) is 3. The van der Waals surface area contributed by atoms with Crippen LogP contribution in [0.15, 0.2) is 102 Å². The summed E-state index contributed by atoms with van der Waals surface area (Å²) >= 11 is 0. The van der Waals surface area contributed by atoms with Crippen LogP contribution in [-0.4, -0.2) is 29.1 Å². The van der Waals surface area contributed by atoms with E-state index in [0.29, 0.717) is 29.5 Å². The number of phenolic OH excluding ortho intramolecular Hbond substituents is 1. The topological polar surface area (TPSA) is 115 Å². The van der Waals surface area contributed by atoms with E-state index >= 15 is 0 Å². The molecule has 5 rings (SSSR count). The van der Waals surface area contributed by atoms with E-state index in [9.17, 15) is 32.4 Å². The summed E-state index contributed by atoms with van der Waals surface area (Å²) in [7, 11) is -4.35. The molecule has 1 amide bonds. The smallest absolute Gasteiger partial charge is 0.294 e. The lowest BCUT2D eigenvalue weighted by atomic mass is 9.78. The van der Waals surface area contributed by atoms with Crippen molar-refractivity contribution in [2.24, 2.45) is 5.92 Å². The van der Waals surface area contributed by atoms with Gasteiger partial charge in [-0.1, -0.05) is 66.7 Å². The summed E-state index contributed by atoms with van der Waals surface area (Å²) < 4.78 is 46.6. The van der Waals surface area contributed by atoms with Gasteiger partial charge in [0.2, 0.25) is 5.91 Å². The molecular weight excluding hydrogens is 521 g/mol. The standard InChI is InChI=1S/C30H26FNO6S/c31-25-8-4-5-9-26(25)32-29(24(30(32)35)16-17-27(33)20-6-2-1-3-7-20)21-12-15-23(28(34)18-21)19-10-13-22(14-11-19)39(36,37)38/h1-15,18,24,27,29,33-34H,16-17H2,(H,36,37,38). The molecule has 1 heterocycles. The zero-order chi connectivity index (χ0) is 27.7. The predicted octanol–water partition coefficient (Wildman–Crippen LogP) is 5.66. The number of carbonyl (C=O) groups excluding carboxylic acids is 1. The average molecular weight is 548 g/mol. The first-order chi connectivity index (χ1) is 18.6. The molecule has 7 nitrogen and oxygen atoms in total. The molecule has 4 aromatic carbocycles. The molecule has 39 heavy (non-hydrogen) atoms. The second kappa shape index (κ2) is 10.6. The van der Waals surface area contributed by atoms with Crippen LogP contribution < -0.4 is 4.90 Å². The maximum atomic E-state index is 14.7. The quantitative estimate of drug-likeness (QED) is 0.194. The van der Waals surface area contributed by atoms with E-state index in [1.807, 2.05) is 30.3 Å². The third-order valence-electron chi connectivity index (χ3n) is 7.09. The Morgan fingerprint density at radius 3 is 2.21 bits per heavy atom. The molecule has 1 fully saturated rings. The van der Waals surface area contributed by atoms with Crippen LogP contribution in [0.3, 0.4) is 0 Å². The van der Waals surface area contributed by atoms with Gasteiger partial charge in [-0.3, -0.25) is 9.35 Å². The minimum Gasteiger partial charge on any atom is -0.507 e. The average Bonchev–Trinajstić information content (AvgIpc) is 2.92. The van der Waals surface area contributed by atoms with Crippen LogP contribution in [0.1, 0.15) is 36.1 Å². The van der Waals surface area contributed by atoms with Gasteiger partial charge >= 0.3 is 0 Å². The Balaban J connectivity index is 1.45. The molecule has 0 saturated carbocycles. The van der Waals surface area contributed by atoms with Crippen LogP contribution in [-0.2, 0) is 14.9 Å². The molecule has 1 saturated heterocycles. The van der Waals surface area contributed by atoms with E-state index in [-0.39, 0.29) is 22.2 Å². The highest BCUT2D eigenvalue weighted by molar-refractivity contribution is 7.85. The van der Waals surface area contributed by atoms with Crippen molar-refractivity contribution in [2.45, 2.75) is 29.9 Å². The minimum absolute atomic E-state index is 0.108. The lowest BCUT2D eigenvalue weighted by molar-refractivity contribution is -0.131. The number of para-hydroxylation sites is 1. The van der Waals surface area contributed by atoms with Gasteiger partial charge in [0.05, 0.1) is 28.6 Å². The van der Waals surface area contributed by atoms with Crippen LogP contribution in [0.5, 0.6) is 5.75 Å². The molecule has 0 aromatic heterocycles. The van der Waals surface area contributed by atoms with E-state index < -0.39 is 34.0 Å². The van der Waals surface area contributed by atoms with Crippen molar-refractivity contribution in [3.05, 3.63) is 114 Å². The van der Waals surface area contributed by atoms with E-state index in [2.05, 4.69) is 0 Å². The maximum Gasteiger partial charge on any atom is 0.294 e. The molecule has 0 bridgehead atoms. The SMILES string of the molecule is O=C1C(CCC(O)c2ccccc2)C(c2ccc(-c3ccc(S(=O)(=O)O)cc3)c(O)c2)N1c1ccccc1F. The number of anilines is 1. The summed E-state index contributed by atoms with van der Waals surface area (Å²) in [6, 6.07) is 24.8. The summed E-state index contributed by atoms with van der Waals surface area (Å²) in [5.41, 5.74) is 2.41. The lowest BCUT2D eigenvalue weighted by Gasteiger charge is -2.48. The Morgan fingerprint density at radius 2 is 1.56 bits per heavy atom. The second-order valence-electron chi connectivity index (χ2n) is 9.49. The number of carbonyl (C=O) groups is 1. The number of aromatic hydroxyl groups is 1. The van der Waals surface area contributed by atoms with E-state index in [1.165, 1.54) is 47.4 Å². The molecule has 0 spiro atoms. The van der Waals surface area contributed by atoms with Crippen molar-refractivity contribution in [3.63, 3.8) is 0 Å². The molecule has 1 aliphatic rings. The number of hydrogen-bond acceptors (Lipinski definition) is 5. The number of rotatable bonds is 8. The van der Waals surface area contributed by atoms with Gasteiger partial charge in [-0.05, 0) is 59.9 Å². The van der Waals surface area contributed by atoms with Crippen molar-refractivity contribution < 1.29 is 32.4 Å². The highest BCUT2D eigenvalue weighted by Crippen LogP contribution is 2.48. The van der Waals surface area contributed by atoms with Gasteiger partial charge in [0.15, 0.2) is 0 Å². The Morgan fingerprint density at radius 1 is 0.897 bits per heavy atom. The summed E-state index contributed by atoms with van der Waals surface area (Å²) in [4.78, 5) is 14.4. The summed E-state index contributed by atoms with van der Waals surface area (Å²) in [6.07, 6.45) is -0.0836. The summed E-state index contributed by atoms with van der Waals surface area (Å²) in [5.74, 6) is -1.46. The number of halogens is 1. The maximum absolute atomic E-state index is 14.7. The molecule has 0 aliphatic carbocycles. The molecule has 3 atom stereocenters. The van der Waals surface area contributed by atoms with E-state index in [1.54, 1.807) is 24.3 Å². The van der Waals surface area contributed by atoms with Crippen molar-refractivity contribution in [1.29, 1.82) is 0 Å². The zero-order valence-corrected chi connectivity index (χ0v) is 21.5. The molecular formula is C30H26FNO6S. The normalized spacial score (nSPS) is 18.0.